The summed E-state index contributed by atoms with van der Waals surface area (Å²) in [4.78, 5) is 0. The van der Waals surface area contributed by atoms with E-state index >= 15 is 0 Å². The molecule has 0 saturated heterocycles. The first-order valence-corrected chi connectivity index (χ1v) is 4.32. The highest BCUT2D eigenvalue weighted by Gasteiger charge is 2.20. The van der Waals surface area contributed by atoms with E-state index < -0.39 is 12.9 Å². The minimum Gasteiger partial charge on any atom is -0.494 e. The SMILES string of the molecule is CCc1cc(F)c(OC)c(B(O)O)c1. The van der Waals surface area contributed by atoms with Crippen LogP contribution in [-0.2, 0) is 6.42 Å². The van der Waals surface area contributed by atoms with Crippen molar-refractivity contribution in [3.63, 3.8) is 0 Å². The third-order valence-electron chi connectivity index (χ3n) is 2.02. The number of rotatable bonds is 3. The van der Waals surface area contributed by atoms with Gasteiger partial charge in [-0.15, -0.1) is 0 Å². The molecule has 76 valence electrons. The average Bonchev–Trinajstić information content (AvgIpc) is 2.16. The fraction of sp³-hybridized carbons (Fsp3) is 0.333. The van der Waals surface area contributed by atoms with Gasteiger partial charge in [-0.05, 0) is 18.1 Å². The van der Waals surface area contributed by atoms with Gasteiger partial charge in [0.25, 0.3) is 0 Å². The third kappa shape index (κ3) is 2.05. The maximum Gasteiger partial charge on any atom is 0.492 e. The Hall–Kier alpha value is -1.07. The summed E-state index contributed by atoms with van der Waals surface area (Å²) in [6.07, 6.45) is 0.626. The van der Waals surface area contributed by atoms with Crippen LogP contribution in [0.2, 0.25) is 0 Å². The lowest BCUT2D eigenvalue weighted by atomic mass is 9.78. The van der Waals surface area contributed by atoms with Crippen molar-refractivity contribution in [1.29, 1.82) is 0 Å². The van der Waals surface area contributed by atoms with E-state index in [0.717, 1.165) is 0 Å². The monoisotopic (exact) mass is 198 g/mol. The van der Waals surface area contributed by atoms with E-state index in [4.69, 9.17) is 14.8 Å². The van der Waals surface area contributed by atoms with Crippen molar-refractivity contribution in [2.24, 2.45) is 0 Å². The molecule has 0 fully saturated rings. The summed E-state index contributed by atoms with van der Waals surface area (Å²) in [5.74, 6) is -0.688. The van der Waals surface area contributed by atoms with E-state index in [0.29, 0.717) is 12.0 Å². The zero-order valence-electron chi connectivity index (χ0n) is 8.12. The van der Waals surface area contributed by atoms with Crippen molar-refractivity contribution in [2.45, 2.75) is 13.3 Å². The van der Waals surface area contributed by atoms with Gasteiger partial charge in [-0.2, -0.15) is 0 Å². The topological polar surface area (TPSA) is 49.7 Å². The van der Waals surface area contributed by atoms with Gasteiger partial charge in [0.05, 0.1) is 7.11 Å². The molecule has 0 atom stereocenters. The van der Waals surface area contributed by atoms with Crippen LogP contribution in [0.15, 0.2) is 12.1 Å². The molecule has 1 aromatic rings. The molecule has 0 spiro atoms. The van der Waals surface area contributed by atoms with Crippen LogP contribution in [0.1, 0.15) is 12.5 Å². The van der Waals surface area contributed by atoms with Gasteiger partial charge in [-0.1, -0.05) is 13.0 Å². The highest BCUT2D eigenvalue weighted by Crippen LogP contribution is 2.16. The quantitative estimate of drug-likeness (QED) is 0.676. The lowest BCUT2D eigenvalue weighted by Gasteiger charge is -2.10. The largest absolute Gasteiger partial charge is 0.494 e. The van der Waals surface area contributed by atoms with Crippen LogP contribution in [0.25, 0.3) is 0 Å². The van der Waals surface area contributed by atoms with Gasteiger partial charge in [0.15, 0.2) is 11.6 Å². The normalized spacial score (nSPS) is 10.1. The van der Waals surface area contributed by atoms with Crippen molar-refractivity contribution < 1.29 is 19.2 Å². The molecule has 0 radical (unpaired) electrons. The fourth-order valence-electron chi connectivity index (χ4n) is 1.28. The highest BCUT2D eigenvalue weighted by molar-refractivity contribution is 6.59. The molecule has 5 heteroatoms. The lowest BCUT2D eigenvalue weighted by Crippen LogP contribution is -2.32. The second kappa shape index (κ2) is 4.44. The highest BCUT2D eigenvalue weighted by atomic mass is 19.1. The predicted octanol–water partition coefficient (Wildman–Crippen LogP) is 0.0765. The average molecular weight is 198 g/mol. The Balaban J connectivity index is 3.28. The molecule has 0 aliphatic heterocycles. The maximum absolute atomic E-state index is 13.3. The van der Waals surface area contributed by atoms with Crippen LogP contribution in [0.4, 0.5) is 4.39 Å². The Morgan fingerprint density at radius 3 is 2.50 bits per heavy atom. The molecule has 0 saturated carbocycles. The van der Waals surface area contributed by atoms with Crippen molar-refractivity contribution in [3.05, 3.63) is 23.5 Å². The Kier molecular flexibility index (Phi) is 3.49. The van der Waals surface area contributed by atoms with Gasteiger partial charge in [0.2, 0.25) is 0 Å². The lowest BCUT2D eigenvalue weighted by molar-refractivity contribution is 0.381. The number of hydrogen-bond donors (Lipinski definition) is 2. The zero-order chi connectivity index (χ0) is 10.7. The molecule has 0 aliphatic carbocycles. The number of benzene rings is 1. The minimum atomic E-state index is -1.72. The van der Waals surface area contributed by atoms with Gasteiger partial charge in [0.1, 0.15) is 0 Å². The molecular formula is C9H12BFO3. The number of ether oxygens (including phenoxy) is 1. The van der Waals surface area contributed by atoms with Crippen LogP contribution in [0.3, 0.4) is 0 Å². The third-order valence-corrected chi connectivity index (χ3v) is 2.02. The van der Waals surface area contributed by atoms with E-state index in [9.17, 15) is 4.39 Å². The summed E-state index contributed by atoms with van der Waals surface area (Å²) < 4.78 is 18.1. The van der Waals surface area contributed by atoms with Crippen molar-refractivity contribution in [2.75, 3.05) is 7.11 Å². The first kappa shape index (κ1) is 11.0. The summed E-state index contributed by atoms with van der Waals surface area (Å²) in [6.45, 7) is 1.86. The molecule has 3 nitrogen and oxygen atoms in total. The van der Waals surface area contributed by atoms with Crippen LogP contribution < -0.4 is 10.2 Å². The first-order valence-electron chi connectivity index (χ1n) is 4.32. The molecule has 0 aliphatic rings. The van der Waals surface area contributed by atoms with E-state index in [1.54, 1.807) is 0 Å². The van der Waals surface area contributed by atoms with Gasteiger partial charge in [0, 0.05) is 5.46 Å². The molecular weight excluding hydrogens is 186 g/mol. The van der Waals surface area contributed by atoms with Gasteiger partial charge >= 0.3 is 7.12 Å². The van der Waals surface area contributed by atoms with E-state index in [1.807, 2.05) is 6.92 Å². The number of hydrogen-bond acceptors (Lipinski definition) is 3. The Labute approximate surface area is 82.3 Å². The van der Waals surface area contributed by atoms with E-state index in [1.165, 1.54) is 19.2 Å². The van der Waals surface area contributed by atoms with Crippen LogP contribution in [0.5, 0.6) is 5.75 Å². The summed E-state index contributed by atoms with van der Waals surface area (Å²) in [5, 5.41) is 18.0. The van der Waals surface area contributed by atoms with Gasteiger partial charge < -0.3 is 14.8 Å². The van der Waals surface area contributed by atoms with Crippen LogP contribution in [-0.4, -0.2) is 24.3 Å². The van der Waals surface area contributed by atoms with Crippen molar-refractivity contribution in [1.82, 2.24) is 0 Å². The van der Waals surface area contributed by atoms with E-state index in [-0.39, 0.29) is 11.2 Å². The molecule has 14 heavy (non-hydrogen) atoms. The number of halogens is 1. The smallest absolute Gasteiger partial charge is 0.492 e. The molecule has 2 N–H and O–H groups in total. The van der Waals surface area contributed by atoms with Gasteiger partial charge in [-0.25, -0.2) is 4.39 Å². The standard InChI is InChI=1S/C9H12BFO3/c1-3-6-4-7(10(12)13)9(14-2)8(11)5-6/h4-5,12-13H,3H2,1-2H3. The fourth-order valence-corrected chi connectivity index (χ4v) is 1.28. The molecule has 1 rings (SSSR count). The number of methoxy groups -OCH3 is 1. The van der Waals surface area contributed by atoms with Crippen LogP contribution in [0, 0.1) is 5.82 Å². The van der Waals surface area contributed by atoms with Crippen molar-refractivity contribution >= 4 is 12.6 Å². The van der Waals surface area contributed by atoms with Crippen LogP contribution >= 0.6 is 0 Å². The summed E-state index contributed by atoms with van der Waals surface area (Å²) in [7, 11) is -0.429. The summed E-state index contributed by atoms with van der Waals surface area (Å²) in [5.41, 5.74) is 0.760. The van der Waals surface area contributed by atoms with E-state index in [2.05, 4.69) is 0 Å². The summed E-state index contributed by atoms with van der Waals surface area (Å²) >= 11 is 0. The molecule has 0 heterocycles. The predicted molar refractivity (Wildman–Crippen MR) is 52.2 cm³/mol. The van der Waals surface area contributed by atoms with Crippen molar-refractivity contribution in [3.8, 4) is 5.75 Å². The Morgan fingerprint density at radius 2 is 2.07 bits per heavy atom. The summed E-state index contributed by atoms with van der Waals surface area (Å²) in [6, 6.07) is 2.84. The second-order valence-corrected chi connectivity index (χ2v) is 2.93. The zero-order valence-corrected chi connectivity index (χ0v) is 8.12. The maximum atomic E-state index is 13.3. The molecule has 0 unspecified atom stereocenters. The number of aryl methyl sites for hydroxylation is 1. The molecule has 0 amide bonds. The second-order valence-electron chi connectivity index (χ2n) is 2.93. The Bertz CT molecular complexity index is 328. The molecule has 0 bridgehead atoms. The Morgan fingerprint density at radius 1 is 1.43 bits per heavy atom. The molecule has 1 aromatic carbocycles. The van der Waals surface area contributed by atoms with Gasteiger partial charge in [-0.3, -0.25) is 0 Å². The molecule has 0 aromatic heterocycles. The first-order chi connectivity index (χ1) is 6.60. The minimum absolute atomic E-state index is 0.0596.